The molecule has 128 valence electrons. The first-order valence-electron chi connectivity index (χ1n) is 7.67. The second kappa shape index (κ2) is 7.59. The number of pyridine rings is 1. The Balaban J connectivity index is 0.00000208. The molecule has 0 aliphatic carbocycles. The zero-order chi connectivity index (χ0) is 16.4. The van der Waals surface area contributed by atoms with Crippen molar-refractivity contribution < 1.29 is 9.59 Å². The van der Waals surface area contributed by atoms with Gasteiger partial charge in [-0.25, -0.2) is 0 Å². The highest BCUT2D eigenvalue weighted by molar-refractivity contribution is 5.99. The predicted molar refractivity (Wildman–Crippen MR) is 93.5 cm³/mol. The molecular formula is C17H21ClN4O2. The van der Waals surface area contributed by atoms with Crippen LogP contribution in [0.3, 0.4) is 0 Å². The van der Waals surface area contributed by atoms with Crippen LogP contribution in [0.15, 0.2) is 36.8 Å². The van der Waals surface area contributed by atoms with E-state index in [4.69, 9.17) is 0 Å². The first-order valence-corrected chi connectivity index (χ1v) is 7.67. The van der Waals surface area contributed by atoms with E-state index < -0.39 is 0 Å². The van der Waals surface area contributed by atoms with Gasteiger partial charge in [-0.1, -0.05) is 6.07 Å². The van der Waals surface area contributed by atoms with E-state index in [0.29, 0.717) is 24.3 Å². The minimum atomic E-state index is -0.0599. The van der Waals surface area contributed by atoms with Crippen molar-refractivity contribution >= 4 is 24.1 Å². The highest BCUT2D eigenvalue weighted by Crippen LogP contribution is 2.24. The maximum atomic E-state index is 13.0. The van der Waals surface area contributed by atoms with Crippen molar-refractivity contribution in [1.29, 1.82) is 0 Å². The zero-order valence-corrected chi connectivity index (χ0v) is 14.5. The highest BCUT2D eigenvalue weighted by atomic mass is 35.5. The number of Topliss-reactive ketones (excluding diaryl/α,β-unsaturated/α-hetero) is 1. The highest BCUT2D eigenvalue weighted by Gasteiger charge is 2.30. The molecule has 1 unspecified atom stereocenters. The summed E-state index contributed by atoms with van der Waals surface area (Å²) in [6, 6.07) is 5.48. The third-order valence-corrected chi connectivity index (χ3v) is 4.20. The lowest BCUT2D eigenvalue weighted by Gasteiger charge is -2.36. The van der Waals surface area contributed by atoms with Crippen molar-refractivity contribution in [2.24, 2.45) is 7.05 Å². The normalized spacial score (nSPS) is 17.2. The van der Waals surface area contributed by atoms with Crippen molar-refractivity contribution in [3.05, 3.63) is 53.6 Å². The Kier molecular flexibility index (Phi) is 5.75. The van der Waals surface area contributed by atoms with Crippen LogP contribution in [0.1, 0.15) is 39.4 Å². The van der Waals surface area contributed by atoms with E-state index in [1.54, 1.807) is 36.3 Å². The topological polar surface area (TPSA) is 67.2 Å². The van der Waals surface area contributed by atoms with Gasteiger partial charge in [0.15, 0.2) is 5.78 Å². The number of carbonyl (C=O) groups excluding carboxylic acids is 2. The van der Waals surface area contributed by atoms with E-state index >= 15 is 0 Å². The summed E-state index contributed by atoms with van der Waals surface area (Å²) in [4.78, 5) is 30.5. The first-order chi connectivity index (χ1) is 11.1. The Labute approximate surface area is 147 Å². The number of nitrogens with one attached hydrogen (secondary N) is 1. The Bertz CT molecular complexity index is 729. The number of amides is 1. The monoisotopic (exact) mass is 348 g/mol. The molecule has 1 aliphatic rings. The smallest absolute Gasteiger partial charge is 0.271 e. The van der Waals surface area contributed by atoms with Gasteiger partial charge < -0.3 is 14.8 Å². The van der Waals surface area contributed by atoms with E-state index in [0.717, 1.165) is 12.1 Å². The molecule has 0 radical (unpaired) electrons. The van der Waals surface area contributed by atoms with Crippen molar-refractivity contribution in [1.82, 2.24) is 19.8 Å². The van der Waals surface area contributed by atoms with Crippen molar-refractivity contribution in [2.75, 3.05) is 19.6 Å². The Hall–Kier alpha value is -2.18. The number of rotatable bonds is 3. The molecule has 1 aliphatic heterocycles. The first kappa shape index (κ1) is 18.2. The molecule has 1 N–H and O–H groups in total. The molecule has 1 saturated heterocycles. The molecule has 24 heavy (non-hydrogen) atoms. The molecule has 0 saturated carbocycles. The molecule has 1 fully saturated rings. The van der Waals surface area contributed by atoms with Crippen molar-refractivity contribution in [3.63, 3.8) is 0 Å². The van der Waals surface area contributed by atoms with E-state index in [1.165, 1.54) is 6.92 Å². The van der Waals surface area contributed by atoms with Gasteiger partial charge in [-0.2, -0.15) is 0 Å². The van der Waals surface area contributed by atoms with Gasteiger partial charge in [0, 0.05) is 50.8 Å². The lowest BCUT2D eigenvalue weighted by molar-refractivity contribution is 0.0624. The number of carbonyl (C=O) groups is 2. The third-order valence-electron chi connectivity index (χ3n) is 4.20. The number of aryl methyl sites for hydroxylation is 1. The second-order valence-electron chi connectivity index (χ2n) is 5.79. The molecule has 3 heterocycles. The second-order valence-corrected chi connectivity index (χ2v) is 5.79. The molecule has 3 rings (SSSR count). The molecule has 0 bridgehead atoms. The summed E-state index contributed by atoms with van der Waals surface area (Å²) in [7, 11) is 1.79. The molecule has 0 aromatic carbocycles. The van der Waals surface area contributed by atoms with E-state index in [9.17, 15) is 9.59 Å². The average molecular weight is 349 g/mol. The number of aromatic nitrogens is 2. The van der Waals surface area contributed by atoms with E-state index in [2.05, 4.69) is 10.3 Å². The van der Waals surface area contributed by atoms with Gasteiger partial charge in [0.25, 0.3) is 5.91 Å². The minimum Gasteiger partial charge on any atom is -0.346 e. The van der Waals surface area contributed by atoms with Crippen molar-refractivity contribution in [3.8, 4) is 0 Å². The average Bonchev–Trinajstić information content (AvgIpc) is 2.97. The lowest BCUT2D eigenvalue weighted by Crippen LogP contribution is -2.49. The number of piperazine rings is 1. The van der Waals surface area contributed by atoms with E-state index in [1.807, 2.05) is 17.0 Å². The van der Waals surface area contributed by atoms with Crippen LogP contribution >= 0.6 is 12.4 Å². The van der Waals surface area contributed by atoms with Crippen LogP contribution in [-0.4, -0.2) is 45.8 Å². The zero-order valence-electron chi connectivity index (χ0n) is 13.7. The summed E-state index contributed by atoms with van der Waals surface area (Å²) in [5.74, 6) is -0.0980. The minimum absolute atomic E-state index is 0. The molecule has 6 nitrogen and oxygen atoms in total. The van der Waals surface area contributed by atoms with Gasteiger partial charge in [0.1, 0.15) is 5.69 Å². The molecule has 2 aromatic rings. The largest absolute Gasteiger partial charge is 0.346 e. The SMILES string of the molecule is CC(=O)c1cc(C(=O)N2CCNCC2c2cccnc2)n(C)c1.Cl. The van der Waals surface area contributed by atoms with Crippen LogP contribution in [0.2, 0.25) is 0 Å². The van der Waals surface area contributed by atoms with Gasteiger partial charge >= 0.3 is 0 Å². The summed E-state index contributed by atoms with van der Waals surface area (Å²) in [6.45, 7) is 3.58. The Morgan fingerprint density at radius 1 is 1.38 bits per heavy atom. The molecule has 1 amide bonds. The fourth-order valence-corrected chi connectivity index (χ4v) is 2.94. The van der Waals surface area contributed by atoms with Crippen LogP contribution in [0.25, 0.3) is 0 Å². The molecular weight excluding hydrogens is 328 g/mol. The van der Waals surface area contributed by atoms with Crippen molar-refractivity contribution in [2.45, 2.75) is 13.0 Å². The van der Waals surface area contributed by atoms with Gasteiger partial charge in [-0.05, 0) is 24.6 Å². The van der Waals surface area contributed by atoms with Gasteiger partial charge in [0.05, 0.1) is 6.04 Å². The summed E-state index contributed by atoms with van der Waals surface area (Å²) in [6.07, 6.45) is 5.23. The summed E-state index contributed by atoms with van der Waals surface area (Å²) < 4.78 is 1.72. The molecule has 0 spiro atoms. The molecule has 7 heteroatoms. The number of hydrogen-bond donors (Lipinski definition) is 1. The number of ketones is 1. The third kappa shape index (κ3) is 3.49. The van der Waals surface area contributed by atoms with Crippen LogP contribution in [0.4, 0.5) is 0 Å². The van der Waals surface area contributed by atoms with Gasteiger partial charge in [-0.3, -0.25) is 14.6 Å². The van der Waals surface area contributed by atoms with Crippen LogP contribution in [0, 0.1) is 0 Å². The number of hydrogen-bond acceptors (Lipinski definition) is 4. The maximum Gasteiger partial charge on any atom is 0.271 e. The summed E-state index contributed by atoms with van der Waals surface area (Å²) in [5.41, 5.74) is 2.10. The fourth-order valence-electron chi connectivity index (χ4n) is 2.94. The standard InChI is InChI=1S/C17H20N4O2.ClH/c1-12(22)14-8-15(20(2)11-14)17(23)21-7-6-19-10-16(21)13-4-3-5-18-9-13;/h3-5,8-9,11,16,19H,6-7,10H2,1-2H3;1H. The summed E-state index contributed by atoms with van der Waals surface area (Å²) in [5, 5.41) is 3.33. The fraction of sp³-hybridized carbons (Fsp3) is 0.353. The number of nitrogens with zero attached hydrogens (tertiary/aromatic N) is 3. The van der Waals surface area contributed by atoms with E-state index in [-0.39, 0.29) is 30.1 Å². The van der Waals surface area contributed by atoms with Crippen LogP contribution in [0.5, 0.6) is 0 Å². The predicted octanol–water partition coefficient (Wildman–Crippen LogP) is 1.83. The summed E-state index contributed by atoms with van der Waals surface area (Å²) >= 11 is 0. The van der Waals surface area contributed by atoms with Gasteiger partial charge in [-0.15, -0.1) is 12.4 Å². The quantitative estimate of drug-likeness (QED) is 0.859. The van der Waals surface area contributed by atoms with Crippen LogP contribution in [-0.2, 0) is 7.05 Å². The molecule has 1 atom stereocenters. The lowest BCUT2D eigenvalue weighted by atomic mass is 10.0. The van der Waals surface area contributed by atoms with Gasteiger partial charge in [0.2, 0.25) is 0 Å². The number of halogens is 1. The Morgan fingerprint density at radius 2 is 2.17 bits per heavy atom. The maximum absolute atomic E-state index is 13.0. The Morgan fingerprint density at radius 3 is 2.79 bits per heavy atom. The molecule has 2 aromatic heterocycles. The van der Waals surface area contributed by atoms with Crippen LogP contribution < -0.4 is 5.32 Å².